The number of hydrogen-bond acceptors (Lipinski definition) is 5. The van der Waals surface area contributed by atoms with Crippen LogP contribution in [0.25, 0.3) is 16.2 Å². The summed E-state index contributed by atoms with van der Waals surface area (Å²) in [5, 5.41) is 5.23. The summed E-state index contributed by atoms with van der Waals surface area (Å²) in [6.07, 6.45) is 3.80. The van der Waals surface area contributed by atoms with Crippen LogP contribution in [-0.2, 0) is 22.6 Å². The van der Waals surface area contributed by atoms with E-state index in [1.165, 1.54) is 4.52 Å². The highest BCUT2D eigenvalue weighted by Gasteiger charge is 2.34. The molecule has 0 radical (unpaired) electrons. The highest BCUT2D eigenvalue weighted by Crippen LogP contribution is 2.31. The highest BCUT2D eigenvalue weighted by molar-refractivity contribution is 7.13. The van der Waals surface area contributed by atoms with E-state index >= 15 is 0 Å². The Morgan fingerprint density at radius 3 is 2.76 bits per heavy atom. The number of H-pyrrole nitrogens is 1. The summed E-state index contributed by atoms with van der Waals surface area (Å²) >= 11 is 1.63. The second kappa shape index (κ2) is 7.11. The Hall–Kier alpha value is -2.45. The van der Waals surface area contributed by atoms with Crippen molar-refractivity contribution in [1.29, 1.82) is 0 Å². The first kappa shape index (κ1) is 18.6. The minimum Gasteiger partial charge on any atom is -0.381 e. The monoisotopic (exact) mass is 412 g/mol. The molecule has 0 saturated heterocycles. The maximum Gasteiger partial charge on any atom is 0.278 e. The number of nitrogens with zero attached hydrogens (tertiary/aromatic N) is 3. The summed E-state index contributed by atoms with van der Waals surface area (Å²) in [5.74, 6) is 0.164. The lowest BCUT2D eigenvalue weighted by Crippen LogP contribution is -2.35. The third kappa shape index (κ3) is 3.02. The van der Waals surface area contributed by atoms with Crippen molar-refractivity contribution >= 4 is 22.9 Å². The molecule has 3 aromatic rings. The number of ether oxygens (including phenoxy) is 1. The Kier molecular flexibility index (Phi) is 4.55. The molecule has 1 fully saturated rings. The number of rotatable bonds is 3. The summed E-state index contributed by atoms with van der Waals surface area (Å²) < 4.78 is 6.94. The predicted octanol–water partition coefficient (Wildman–Crippen LogP) is 3.11. The van der Waals surface area contributed by atoms with Crippen LogP contribution in [0.2, 0.25) is 0 Å². The van der Waals surface area contributed by atoms with Crippen LogP contribution in [0.5, 0.6) is 0 Å². The minimum atomic E-state index is -0.103. The van der Waals surface area contributed by atoms with Crippen molar-refractivity contribution in [3.63, 3.8) is 0 Å². The fourth-order valence-corrected chi connectivity index (χ4v) is 5.38. The van der Waals surface area contributed by atoms with Gasteiger partial charge in [0, 0.05) is 18.6 Å². The van der Waals surface area contributed by atoms with Gasteiger partial charge in [0.25, 0.3) is 5.56 Å². The SMILES string of the molecule is COC1CCC(C(=O)N2Cc3nc4c(C)c(-c5cccs5)[nH]n4c(=O)c3C2)CC1. The van der Waals surface area contributed by atoms with Crippen LogP contribution in [0, 0.1) is 12.8 Å². The Balaban J connectivity index is 1.43. The van der Waals surface area contributed by atoms with Crippen LogP contribution < -0.4 is 5.56 Å². The molecular weight excluding hydrogens is 388 g/mol. The lowest BCUT2D eigenvalue weighted by molar-refractivity contribution is -0.138. The number of methoxy groups -OCH3 is 1. The van der Waals surface area contributed by atoms with Gasteiger partial charge in [-0.05, 0) is 44.1 Å². The summed E-state index contributed by atoms with van der Waals surface area (Å²) in [5.41, 5.74) is 3.78. The van der Waals surface area contributed by atoms with Crippen LogP contribution in [0.3, 0.4) is 0 Å². The molecule has 1 aliphatic carbocycles. The van der Waals surface area contributed by atoms with Crippen LogP contribution in [0.1, 0.15) is 42.5 Å². The van der Waals surface area contributed by atoms with Gasteiger partial charge in [0.1, 0.15) is 0 Å². The number of amides is 1. The van der Waals surface area contributed by atoms with Crippen LogP contribution in [-0.4, -0.2) is 38.6 Å². The first-order chi connectivity index (χ1) is 14.1. The van der Waals surface area contributed by atoms with E-state index in [-0.39, 0.29) is 23.5 Å². The molecule has 1 saturated carbocycles. The quantitative estimate of drug-likeness (QED) is 0.717. The average molecular weight is 413 g/mol. The molecule has 7 nitrogen and oxygen atoms in total. The summed E-state index contributed by atoms with van der Waals surface area (Å²) in [6, 6.07) is 4.02. The number of aromatic nitrogens is 3. The van der Waals surface area contributed by atoms with Gasteiger partial charge in [-0.15, -0.1) is 11.3 Å². The fourth-order valence-electron chi connectivity index (χ4n) is 4.60. The van der Waals surface area contributed by atoms with Crippen LogP contribution in [0.4, 0.5) is 0 Å². The van der Waals surface area contributed by atoms with E-state index in [9.17, 15) is 9.59 Å². The van der Waals surface area contributed by atoms with Gasteiger partial charge < -0.3 is 9.64 Å². The number of thiophene rings is 1. The number of fused-ring (bicyclic) bond motifs is 2. The van der Waals surface area contributed by atoms with Gasteiger partial charge >= 0.3 is 0 Å². The molecule has 5 rings (SSSR count). The molecular formula is C21H24N4O3S. The van der Waals surface area contributed by atoms with Gasteiger partial charge in [0.2, 0.25) is 5.91 Å². The second-order valence-electron chi connectivity index (χ2n) is 7.99. The number of aryl methyl sites for hydroxylation is 1. The molecule has 8 heteroatoms. The van der Waals surface area contributed by atoms with Crippen molar-refractivity contribution < 1.29 is 9.53 Å². The smallest absolute Gasteiger partial charge is 0.278 e. The highest BCUT2D eigenvalue weighted by atomic mass is 32.1. The lowest BCUT2D eigenvalue weighted by atomic mass is 9.86. The molecule has 0 atom stereocenters. The number of hydrogen-bond donors (Lipinski definition) is 1. The van der Waals surface area contributed by atoms with E-state index in [1.54, 1.807) is 23.3 Å². The third-order valence-corrected chi connectivity index (χ3v) is 7.21. The van der Waals surface area contributed by atoms with Gasteiger partial charge in [0.05, 0.1) is 41.0 Å². The second-order valence-corrected chi connectivity index (χ2v) is 8.94. The van der Waals surface area contributed by atoms with Gasteiger partial charge in [-0.25, -0.2) is 9.50 Å². The van der Waals surface area contributed by atoms with Gasteiger partial charge in [0.15, 0.2) is 5.65 Å². The number of carbonyl (C=O) groups is 1. The van der Waals surface area contributed by atoms with E-state index in [1.807, 2.05) is 24.4 Å². The minimum absolute atomic E-state index is 0.0236. The molecule has 152 valence electrons. The molecule has 0 bridgehead atoms. The predicted molar refractivity (Wildman–Crippen MR) is 111 cm³/mol. The molecule has 1 aliphatic heterocycles. The first-order valence-electron chi connectivity index (χ1n) is 10.1. The van der Waals surface area contributed by atoms with E-state index in [4.69, 9.17) is 9.72 Å². The Morgan fingerprint density at radius 1 is 1.28 bits per heavy atom. The normalized spacial score (nSPS) is 21.7. The fraction of sp³-hybridized carbons (Fsp3) is 0.476. The summed E-state index contributed by atoms with van der Waals surface area (Å²) in [6.45, 7) is 2.74. The van der Waals surface area contributed by atoms with Crippen molar-refractivity contribution in [1.82, 2.24) is 19.5 Å². The Morgan fingerprint density at radius 2 is 2.07 bits per heavy atom. The average Bonchev–Trinajstić information content (AvgIpc) is 3.47. The largest absolute Gasteiger partial charge is 0.381 e. The van der Waals surface area contributed by atoms with Crippen molar-refractivity contribution in [3.05, 3.63) is 44.7 Å². The molecule has 0 unspecified atom stereocenters. The summed E-state index contributed by atoms with van der Waals surface area (Å²) in [4.78, 5) is 33.8. The lowest BCUT2D eigenvalue weighted by Gasteiger charge is -2.29. The zero-order valence-electron chi connectivity index (χ0n) is 16.6. The number of carbonyl (C=O) groups excluding carboxylic acids is 1. The van der Waals surface area contributed by atoms with Crippen molar-refractivity contribution in [3.8, 4) is 10.6 Å². The zero-order chi connectivity index (χ0) is 20.1. The molecule has 29 heavy (non-hydrogen) atoms. The zero-order valence-corrected chi connectivity index (χ0v) is 17.4. The third-order valence-electron chi connectivity index (χ3n) is 6.32. The molecule has 0 spiro atoms. The molecule has 1 N–H and O–H groups in total. The van der Waals surface area contributed by atoms with Gasteiger partial charge in [-0.1, -0.05) is 6.07 Å². The molecule has 0 aromatic carbocycles. The Bertz CT molecular complexity index is 1120. The number of aromatic amines is 1. The molecule has 1 amide bonds. The standard InChI is InChI=1S/C21H24N4O3S/c1-12-18(17-4-3-9-29-17)23-25-19(12)22-16-11-24(10-15(16)21(25)27)20(26)13-5-7-14(28-2)8-6-13/h3-4,9,13-14,23H,5-8,10-11H2,1-2H3. The van der Waals surface area contributed by atoms with Crippen LogP contribution in [0.15, 0.2) is 22.3 Å². The van der Waals surface area contributed by atoms with Gasteiger partial charge in [-0.2, -0.15) is 0 Å². The van der Waals surface area contributed by atoms with Gasteiger partial charge in [-0.3, -0.25) is 14.7 Å². The number of nitrogens with one attached hydrogen (secondary N) is 1. The van der Waals surface area contributed by atoms with Crippen molar-refractivity contribution in [2.24, 2.45) is 5.92 Å². The first-order valence-corrected chi connectivity index (χ1v) is 10.9. The Labute approximate surface area is 172 Å². The maximum atomic E-state index is 13.1. The topological polar surface area (TPSA) is 79.7 Å². The van der Waals surface area contributed by atoms with Crippen LogP contribution >= 0.6 is 11.3 Å². The van der Waals surface area contributed by atoms with E-state index in [0.29, 0.717) is 24.3 Å². The maximum absolute atomic E-state index is 13.1. The van der Waals surface area contributed by atoms with E-state index in [0.717, 1.165) is 47.5 Å². The molecule has 3 aromatic heterocycles. The summed E-state index contributed by atoms with van der Waals surface area (Å²) in [7, 11) is 1.73. The van der Waals surface area contributed by atoms with Crippen molar-refractivity contribution in [2.75, 3.05) is 7.11 Å². The van der Waals surface area contributed by atoms with E-state index in [2.05, 4.69) is 5.10 Å². The molecule has 4 heterocycles. The van der Waals surface area contributed by atoms with E-state index < -0.39 is 0 Å². The van der Waals surface area contributed by atoms with Crippen molar-refractivity contribution in [2.45, 2.75) is 51.8 Å². The molecule has 2 aliphatic rings.